The zero-order valence-electron chi connectivity index (χ0n) is 15.5. The zero-order valence-corrected chi connectivity index (χ0v) is 15.5. The van der Waals surface area contributed by atoms with Crippen LogP contribution in [0.2, 0.25) is 0 Å². The smallest absolute Gasteiger partial charge is 0.268 e. The number of fused-ring (bicyclic) bond motifs is 2. The van der Waals surface area contributed by atoms with Crippen LogP contribution in [0.1, 0.15) is 53.7 Å². The molecule has 6 rings (SSSR count). The highest BCUT2D eigenvalue weighted by Crippen LogP contribution is 2.45. The Morgan fingerprint density at radius 2 is 2.08 bits per heavy atom. The third kappa shape index (κ3) is 2.49. The van der Waals surface area contributed by atoms with Gasteiger partial charge < -0.3 is 20.1 Å². The molecule has 0 spiro atoms. The molecule has 140 valence electrons. The number of hydrogen-bond acceptors (Lipinski definition) is 3. The molecule has 1 saturated carbocycles. The van der Waals surface area contributed by atoms with Gasteiger partial charge in [0.25, 0.3) is 5.91 Å². The summed E-state index contributed by atoms with van der Waals surface area (Å²) in [6, 6.07) is 0.325. The van der Waals surface area contributed by atoms with Gasteiger partial charge in [0.15, 0.2) is 0 Å². The number of nitrogens with zero attached hydrogens (tertiary/aromatic N) is 2. The van der Waals surface area contributed by atoms with Crippen molar-refractivity contribution in [3.8, 4) is 0 Å². The van der Waals surface area contributed by atoms with Crippen LogP contribution in [0, 0.1) is 5.92 Å². The second-order valence-corrected chi connectivity index (χ2v) is 8.89. The lowest BCUT2D eigenvalue weighted by atomic mass is 9.77. The van der Waals surface area contributed by atoms with Gasteiger partial charge in [0.2, 0.25) is 5.91 Å². The van der Waals surface area contributed by atoms with Gasteiger partial charge in [-0.1, -0.05) is 0 Å². The number of H-pyrrole nitrogens is 1. The van der Waals surface area contributed by atoms with Crippen LogP contribution >= 0.6 is 0 Å². The van der Waals surface area contributed by atoms with Crippen LogP contribution < -0.4 is 5.32 Å². The zero-order chi connectivity index (χ0) is 17.9. The lowest BCUT2D eigenvalue weighted by molar-refractivity contribution is -0.135. The fourth-order valence-corrected chi connectivity index (χ4v) is 5.54. The normalized spacial score (nSPS) is 33.0. The number of amides is 2. The van der Waals surface area contributed by atoms with Crippen LogP contribution in [-0.4, -0.2) is 64.9 Å². The van der Waals surface area contributed by atoms with Crippen molar-refractivity contribution in [2.45, 2.75) is 56.5 Å². The summed E-state index contributed by atoms with van der Waals surface area (Å²) in [5.41, 5.74) is 3.06. The van der Waals surface area contributed by atoms with Crippen molar-refractivity contribution < 1.29 is 9.59 Å². The number of nitrogens with one attached hydrogen (secondary N) is 2. The SMILES string of the molecule is CN1CC[C@H](C(=O)N2CC3(NC(=O)c4[nH]cc5c4CCCC5)CC2C3)C1. The van der Waals surface area contributed by atoms with Crippen molar-refractivity contribution in [1.29, 1.82) is 0 Å². The number of carbonyl (C=O) groups is 2. The fourth-order valence-electron chi connectivity index (χ4n) is 5.54. The molecule has 3 aliphatic heterocycles. The summed E-state index contributed by atoms with van der Waals surface area (Å²) in [6.45, 7) is 2.57. The Labute approximate surface area is 154 Å². The van der Waals surface area contributed by atoms with E-state index in [1.807, 2.05) is 11.1 Å². The Bertz CT molecular complexity index is 749. The number of rotatable bonds is 3. The third-order valence-electron chi connectivity index (χ3n) is 7.00. The molecule has 0 aromatic carbocycles. The fraction of sp³-hybridized carbons (Fsp3) is 0.700. The molecule has 6 heteroatoms. The van der Waals surface area contributed by atoms with Crippen molar-refractivity contribution in [2.24, 2.45) is 5.92 Å². The van der Waals surface area contributed by atoms with Gasteiger partial charge in [0.05, 0.1) is 11.5 Å². The van der Waals surface area contributed by atoms with E-state index in [4.69, 9.17) is 0 Å². The molecule has 2 N–H and O–H groups in total. The lowest BCUT2D eigenvalue weighted by Gasteiger charge is -2.37. The van der Waals surface area contributed by atoms with Gasteiger partial charge in [-0.25, -0.2) is 0 Å². The highest BCUT2D eigenvalue weighted by molar-refractivity contribution is 5.95. The predicted octanol–water partition coefficient (Wildman–Crippen LogP) is 1.32. The van der Waals surface area contributed by atoms with Crippen LogP contribution in [0.15, 0.2) is 6.20 Å². The first-order valence-corrected chi connectivity index (χ1v) is 10.1. The molecule has 1 aromatic heterocycles. The number of aromatic nitrogens is 1. The van der Waals surface area contributed by atoms with Crippen LogP contribution in [0.5, 0.6) is 0 Å². The minimum absolute atomic E-state index is 0.0153. The molecule has 0 unspecified atom stereocenters. The maximum Gasteiger partial charge on any atom is 0.268 e. The van der Waals surface area contributed by atoms with Gasteiger partial charge in [-0.05, 0) is 69.7 Å². The van der Waals surface area contributed by atoms with Gasteiger partial charge in [-0.3, -0.25) is 9.59 Å². The van der Waals surface area contributed by atoms with Gasteiger partial charge >= 0.3 is 0 Å². The van der Waals surface area contributed by atoms with E-state index >= 15 is 0 Å². The monoisotopic (exact) mass is 356 g/mol. The van der Waals surface area contributed by atoms with Crippen molar-refractivity contribution in [2.75, 3.05) is 26.7 Å². The summed E-state index contributed by atoms with van der Waals surface area (Å²) in [5.74, 6) is 0.453. The average Bonchev–Trinajstić information content (AvgIpc) is 3.34. The number of aryl methyl sites for hydroxylation is 1. The molecule has 4 fully saturated rings. The Morgan fingerprint density at radius 1 is 1.27 bits per heavy atom. The Kier molecular flexibility index (Phi) is 3.68. The van der Waals surface area contributed by atoms with Gasteiger partial charge in [-0.15, -0.1) is 0 Å². The van der Waals surface area contributed by atoms with Crippen LogP contribution in [0.25, 0.3) is 0 Å². The first-order chi connectivity index (χ1) is 12.5. The molecule has 6 nitrogen and oxygen atoms in total. The Balaban J connectivity index is 1.26. The quantitative estimate of drug-likeness (QED) is 0.858. The molecule has 0 radical (unpaired) electrons. The third-order valence-corrected chi connectivity index (χ3v) is 7.00. The van der Waals surface area contributed by atoms with E-state index in [-0.39, 0.29) is 17.4 Å². The first kappa shape index (κ1) is 16.4. The summed E-state index contributed by atoms with van der Waals surface area (Å²) in [4.78, 5) is 33.2. The molecule has 1 atom stereocenters. The van der Waals surface area contributed by atoms with Crippen LogP contribution in [0.4, 0.5) is 0 Å². The number of carbonyl (C=O) groups excluding carboxylic acids is 2. The van der Waals surface area contributed by atoms with Gasteiger partial charge in [0, 0.05) is 25.3 Å². The summed E-state index contributed by atoms with van der Waals surface area (Å²) in [7, 11) is 2.08. The molecular weight excluding hydrogens is 328 g/mol. The molecule has 1 aromatic rings. The highest BCUT2D eigenvalue weighted by Gasteiger charge is 2.58. The molecule has 2 aliphatic carbocycles. The second kappa shape index (κ2) is 5.84. The Morgan fingerprint density at radius 3 is 2.85 bits per heavy atom. The van der Waals surface area contributed by atoms with Gasteiger partial charge in [-0.2, -0.15) is 0 Å². The highest BCUT2D eigenvalue weighted by atomic mass is 16.2. The number of aromatic amines is 1. The van der Waals surface area contributed by atoms with E-state index in [2.05, 4.69) is 22.2 Å². The summed E-state index contributed by atoms with van der Waals surface area (Å²) >= 11 is 0. The number of hydrogen-bond donors (Lipinski definition) is 2. The maximum absolute atomic E-state index is 12.9. The average molecular weight is 356 g/mol. The van der Waals surface area contributed by atoms with Crippen molar-refractivity contribution in [1.82, 2.24) is 20.1 Å². The summed E-state index contributed by atoms with van der Waals surface area (Å²) < 4.78 is 0. The van der Waals surface area contributed by atoms with Crippen LogP contribution in [-0.2, 0) is 17.6 Å². The van der Waals surface area contributed by atoms with E-state index < -0.39 is 0 Å². The minimum Gasteiger partial charge on any atom is -0.357 e. The predicted molar refractivity (Wildman–Crippen MR) is 98.0 cm³/mol. The summed E-state index contributed by atoms with van der Waals surface area (Å²) in [6.07, 6.45) is 9.24. The molecule has 5 aliphatic rings. The minimum atomic E-state index is -0.200. The standard InChI is InChI=1S/C20H28N4O2/c1-23-7-6-14(11-23)19(26)24-12-20(8-15(24)9-20)22-18(25)17-16-5-3-2-4-13(16)10-21-17/h10,14-15,21H,2-9,11-12H2,1H3,(H,22,25)/t14-,15?,20?/m0/s1. The molecule has 3 saturated heterocycles. The van der Waals surface area contributed by atoms with E-state index in [1.54, 1.807) is 0 Å². The molecular formula is C20H28N4O2. The van der Waals surface area contributed by atoms with E-state index in [0.717, 1.165) is 57.3 Å². The van der Waals surface area contributed by atoms with Gasteiger partial charge in [0.1, 0.15) is 5.69 Å². The topological polar surface area (TPSA) is 68.4 Å². The number of likely N-dealkylation sites (tertiary alicyclic amines) is 1. The summed E-state index contributed by atoms with van der Waals surface area (Å²) in [5, 5.41) is 3.28. The van der Waals surface area contributed by atoms with Crippen molar-refractivity contribution in [3.05, 3.63) is 23.0 Å². The van der Waals surface area contributed by atoms with E-state index in [0.29, 0.717) is 18.5 Å². The van der Waals surface area contributed by atoms with E-state index in [1.165, 1.54) is 17.5 Å². The molecule has 2 amide bonds. The first-order valence-electron chi connectivity index (χ1n) is 10.1. The lowest BCUT2D eigenvalue weighted by Crippen LogP contribution is -2.55. The largest absolute Gasteiger partial charge is 0.357 e. The Hall–Kier alpha value is -1.82. The molecule has 2 bridgehead atoms. The maximum atomic E-state index is 12.9. The second-order valence-electron chi connectivity index (χ2n) is 8.89. The molecule has 4 heterocycles. The van der Waals surface area contributed by atoms with Crippen molar-refractivity contribution in [3.63, 3.8) is 0 Å². The van der Waals surface area contributed by atoms with E-state index in [9.17, 15) is 9.59 Å². The molecule has 26 heavy (non-hydrogen) atoms. The van der Waals surface area contributed by atoms with Crippen molar-refractivity contribution >= 4 is 11.8 Å². The van der Waals surface area contributed by atoms with Crippen LogP contribution in [0.3, 0.4) is 0 Å².